The maximum Gasteiger partial charge on any atom is 0.152 e. The fourth-order valence-corrected chi connectivity index (χ4v) is 1.30. The molecule has 14 heavy (non-hydrogen) atoms. The van der Waals surface area contributed by atoms with Crippen LogP contribution >= 0.6 is 0 Å². The molecule has 76 valence electrons. The van der Waals surface area contributed by atoms with Crippen molar-refractivity contribution in [3.63, 3.8) is 0 Å². The van der Waals surface area contributed by atoms with Crippen LogP contribution in [-0.2, 0) is 0 Å². The summed E-state index contributed by atoms with van der Waals surface area (Å²) >= 11 is 0. The Morgan fingerprint density at radius 1 is 1.07 bits per heavy atom. The molecule has 0 saturated heterocycles. The summed E-state index contributed by atoms with van der Waals surface area (Å²) in [6.07, 6.45) is 0.884. The minimum atomic E-state index is 0.723. The predicted octanol–water partition coefficient (Wildman–Crippen LogP) is 1.63. The Kier molecular flexibility index (Phi) is 3.12. The Bertz CT molecular complexity index is 332. The van der Waals surface area contributed by atoms with Gasteiger partial charge in [0.25, 0.3) is 0 Å². The molecule has 1 aromatic rings. The molecule has 0 aromatic heterocycles. The summed E-state index contributed by atoms with van der Waals surface area (Å²) in [6, 6.07) is 5.79. The first-order chi connectivity index (χ1) is 6.56. The molecule has 0 spiro atoms. The first-order valence-electron chi connectivity index (χ1n) is 4.50. The van der Waals surface area contributed by atoms with Gasteiger partial charge >= 0.3 is 0 Å². The van der Waals surface area contributed by atoms with Crippen LogP contribution in [0.3, 0.4) is 0 Å². The largest absolute Gasteiger partial charge is 0.378 e. The minimum absolute atomic E-state index is 0.723. The maximum absolute atomic E-state index is 10.8. The fourth-order valence-electron chi connectivity index (χ4n) is 1.30. The van der Waals surface area contributed by atoms with Crippen molar-refractivity contribution >= 4 is 17.7 Å². The van der Waals surface area contributed by atoms with Crippen LogP contribution in [0.1, 0.15) is 10.4 Å². The highest BCUT2D eigenvalue weighted by Crippen LogP contribution is 2.23. The lowest BCUT2D eigenvalue weighted by Crippen LogP contribution is -2.14. The lowest BCUT2D eigenvalue weighted by molar-refractivity contribution is 0.112. The number of aldehydes is 1. The van der Waals surface area contributed by atoms with Gasteiger partial charge in [-0.1, -0.05) is 0 Å². The fraction of sp³-hybridized carbons (Fsp3) is 0.364. The minimum Gasteiger partial charge on any atom is -0.378 e. The zero-order chi connectivity index (χ0) is 10.7. The normalized spacial score (nSPS) is 9.71. The topological polar surface area (TPSA) is 23.6 Å². The Balaban J connectivity index is 3.20. The molecule has 0 heterocycles. The lowest BCUT2D eigenvalue weighted by atomic mass is 10.1. The highest BCUT2D eigenvalue weighted by Gasteiger charge is 2.05. The number of nitrogens with zero attached hydrogens (tertiary/aromatic N) is 2. The van der Waals surface area contributed by atoms with Gasteiger partial charge in [0.05, 0.1) is 0 Å². The number of anilines is 2. The Hall–Kier alpha value is -1.51. The molecule has 0 atom stereocenters. The van der Waals surface area contributed by atoms with E-state index in [2.05, 4.69) is 0 Å². The van der Waals surface area contributed by atoms with Crippen LogP contribution < -0.4 is 9.80 Å². The number of hydrogen-bond donors (Lipinski definition) is 0. The van der Waals surface area contributed by atoms with Gasteiger partial charge in [0.2, 0.25) is 0 Å². The van der Waals surface area contributed by atoms with Crippen molar-refractivity contribution in [2.45, 2.75) is 0 Å². The summed E-state index contributed by atoms with van der Waals surface area (Å²) in [5.41, 5.74) is 2.77. The summed E-state index contributed by atoms with van der Waals surface area (Å²) in [7, 11) is 7.83. The molecule has 3 nitrogen and oxygen atoms in total. The Morgan fingerprint density at radius 2 is 1.71 bits per heavy atom. The average molecular weight is 192 g/mol. The van der Waals surface area contributed by atoms with Crippen molar-refractivity contribution in [2.24, 2.45) is 0 Å². The van der Waals surface area contributed by atoms with E-state index in [9.17, 15) is 4.79 Å². The Morgan fingerprint density at radius 3 is 2.14 bits per heavy atom. The van der Waals surface area contributed by atoms with Crippen molar-refractivity contribution in [1.29, 1.82) is 0 Å². The number of benzene rings is 1. The summed E-state index contributed by atoms with van der Waals surface area (Å²) in [5, 5.41) is 0. The van der Waals surface area contributed by atoms with Crippen LogP contribution in [-0.4, -0.2) is 34.5 Å². The number of hydrogen-bond acceptors (Lipinski definition) is 3. The van der Waals surface area contributed by atoms with Gasteiger partial charge in [-0.15, -0.1) is 0 Å². The van der Waals surface area contributed by atoms with E-state index < -0.39 is 0 Å². The van der Waals surface area contributed by atoms with Gasteiger partial charge in [0.15, 0.2) is 6.29 Å². The van der Waals surface area contributed by atoms with Crippen LogP contribution in [0.2, 0.25) is 0 Å². The molecule has 0 saturated carbocycles. The zero-order valence-corrected chi connectivity index (χ0v) is 9.11. The van der Waals surface area contributed by atoms with Gasteiger partial charge in [-0.2, -0.15) is 0 Å². The van der Waals surface area contributed by atoms with Crippen molar-refractivity contribution in [3.8, 4) is 0 Å². The second-order valence-corrected chi connectivity index (χ2v) is 3.65. The maximum atomic E-state index is 10.8. The molecule has 0 bridgehead atoms. The second-order valence-electron chi connectivity index (χ2n) is 3.65. The molecule has 0 unspecified atom stereocenters. The summed E-state index contributed by atoms with van der Waals surface area (Å²) in [4.78, 5) is 14.7. The van der Waals surface area contributed by atoms with E-state index in [1.807, 2.05) is 56.2 Å². The lowest BCUT2D eigenvalue weighted by Gasteiger charge is -2.19. The number of carbonyl (C=O) groups is 1. The zero-order valence-electron chi connectivity index (χ0n) is 9.11. The third-order valence-corrected chi connectivity index (χ3v) is 2.14. The van der Waals surface area contributed by atoms with Gasteiger partial charge in [0.1, 0.15) is 0 Å². The molecular weight excluding hydrogens is 176 g/mol. The van der Waals surface area contributed by atoms with Gasteiger partial charge in [-0.05, 0) is 18.2 Å². The first kappa shape index (κ1) is 10.6. The second kappa shape index (κ2) is 4.13. The number of carbonyl (C=O) groups excluding carboxylic acids is 1. The van der Waals surface area contributed by atoms with E-state index in [0.717, 1.165) is 23.2 Å². The van der Waals surface area contributed by atoms with Crippen molar-refractivity contribution in [3.05, 3.63) is 23.8 Å². The average Bonchev–Trinajstić information content (AvgIpc) is 2.16. The molecule has 0 aliphatic carbocycles. The van der Waals surface area contributed by atoms with E-state index in [4.69, 9.17) is 0 Å². The van der Waals surface area contributed by atoms with Gasteiger partial charge < -0.3 is 9.80 Å². The number of rotatable bonds is 3. The molecule has 0 aliphatic rings. The third-order valence-electron chi connectivity index (χ3n) is 2.14. The standard InChI is InChI=1S/C11H16N2O/c1-12(2)10-6-5-9(8-14)11(7-10)13(3)4/h5-8H,1-4H3. The van der Waals surface area contributed by atoms with Crippen molar-refractivity contribution in [1.82, 2.24) is 0 Å². The molecule has 0 fully saturated rings. The van der Waals surface area contributed by atoms with Gasteiger partial charge in [-0.3, -0.25) is 4.79 Å². The molecular formula is C11H16N2O. The smallest absolute Gasteiger partial charge is 0.152 e. The van der Waals surface area contributed by atoms with E-state index in [-0.39, 0.29) is 0 Å². The quantitative estimate of drug-likeness (QED) is 0.680. The van der Waals surface area contributed by atoms with Crippen molar-refractivity contribution < 1.29 is 4.79 Å². The first-order valence-corrected chi connectivity index (χ1v) is 4.50. The van der Waals surface area contributed by atoms with Crippen LogP contribution in [0.15, 0.2) is 18.2 Å². The molecule has 3 heteroatoms. The van der Waals surface area contributed by atoms with E-state index >= 15 is 0 Å². The van der Waals surface area contributed by atoms with E-state index in [0.29, 0.717) is 0 Å². The molecule has 0 N–H and O–H groups in total. The van der Waals surface area contributed by atoms with Crippen LogP contribution in [0.5, 0.6) is 0 Å². The molecule has 1 aromatic carbocycles. The summed E-state index contributed by atoms with van der Waals surface area (Å²) in [5.74, 6) is 0. The third kappa shape index (κ3) is 2.05. The summed E-state index contributed by atoms with van der Waals surface area (Å²) in [6.45, 7) is 0. The molecule has 0 aliphatic heterocycles. The highest BCUT2D eigenvalue weighted by atomic mass is 16.1. The monoisotopic (exact) mass is 192 g/mol. The summed E-state index contributed by atoms with van der Waals surface area (Å²) < 4.78 is 0. The van der Waals surface area contributed by atoms with E-state index in [1.165, 1.54) is 0 Å². The molecule has 0 radical (unpaired) electrons. The Labute approximate surface area is 84.9 Å². The molecule has 0 amide bonds. The van der Waals surface area contributed by atoms with Gasteiger partial charge in [0, 0.05) is 45.1 Å². The van der Waals surface area contributed by atoms with Crippen LogP contribution in [0.4, 0.5) is 11.4 Å². The van der Waals surface area contributed by atoms with Crippen molar-refractivity contribution in [2.75, 3.05) is 38.0 Å². The van der Waals surface area contributed by atoms with Crippen LogP contribution in [0, 0.1) is 0 Å². The molecule has 1 rings (SSSR count). The van der Waals surface area contributed by atoms with Crippen LogP contribution in [0.25, 0.3) is 0 Å². The SMILES string of the molecule is CN(C)c1ccc(C=O)c(N(C)C)c1. The predicted molar refractivity (Wildman–Crippen MR) is 60.5 cm³/mol. The van der Waals surface area contributed by atoms with E-state index in [1.54, 1.807) is 0 Å². The van der Waals surface area contributed by atoms with Gasteiger partial charge in [-0.25, -0.2) is 0 Å². The highest BCUT2D eigenvalue weighted by molar-refractivity contribution is 5.86.